The summed E-state index contributed by atoms with van der Waals surface area (Å²) in [6, 6.07) is 12.2. The molecule has 1 aromatic heterocycles. The Morgan fingerprint density at radius 3 is 2.62 bits per heavy atom. The van der Waals surface area contributed by atoms with Gasteiger partial charge in [-0.2, -0.15) is 5.10 Å². The SMILES string of the molecule is CCC1=Cc2c(cnn2-c2ccc(F)cc2)C(C(=O)NC(C)c2cccc(S(C)(=O)=O)c2)=CC1. The lowest BCUT2D eigenvalue weighted by Crippen LogP contribution is -2.27. The van der Waals surface area contributed by atoms with Gasteiger partial charge in [0, 0.05) is 17.4 Å². The molecule has 1 heterocycles. The van der Waals surface area contributed by atoms with E-state index in [1.165, 1.54) is 18.2 Å². The minimum atomic E-state index is -3.35. The molecule has 1 amide bonds. The first-order valence-corrected chi connectivity index (χ1v) is 12.9. The molecule has 3 aromatic rings. The van der Waals surface area contributed by atoms with Crippen LogP contribution in [0.3, 0.4) is 0 Å². The van der Waals surface area contributed by atoms with Gasteiger partial charge in [0.2, 0.25) is 0 Å². The Kier molecular flexibility index (Phi) is 6.52. The van der Waals surface area contributed by atoms with Crippen molar-refractivity contribution in [2.75, 3.05) is 6.26 Å². The lowest BCUT2D eigenvalue weighted by atomic mass is 10.0. The zero-order valence-electron chi connectivity index (χ0n) is 19.2. The highest BCUT2D eigenvalue weighted by Gasteiger charge is 2.23. The van der Waals surface area contributed by atoms with Gasteiger partial charge in [0.15, 0.2) is 9.84 Å². The van der Waals surface area contributed by atoms with Crippen molar-refractivity contribution >= 4 is 27.4 Å². The van der Waals surface area contributed by atoms with Crippen molar-refractivity contribution in [3.63, 3.8) is 0 Å². The molecule has 0 radical (unpaired) electrons. The molecule has 0 aliphatic heterocycles. The van der Waals surface area contributed by atoms with Gasteiger partial charge in [-0.25, -0.2) is 17.5 Å². The van der Waals surface area contributed by atoms with Gasteiger partial charge in [0.25, 0.3) is 5.91 Å². The van der Waals surface area contributed by atoms with Crippen LogP contribution in [0.15, 0.2) is 71.3 Å². The van der Waals surface area contributed by atoms with E-state index < -0.39 is 15.9 Å². The number of fused-ring (bicyclic) bond motifs is 1. The first kappa shape index (κ1) is 23.6. The van der Waals surface area contributed by atoms with E-state index in [0.29, 0.717) is 28.8 Å². The average Bonchev–Trinajstić information content (AvgIpc) is 3.11. The average molecular weight is 480 g/mol. The van der Waals surface area contributed by atoms with Crippen LogP contribution in [0, 0.1) is 5.82 Å². The summed E-state index contributed by atoms with van der Waals surface area (Å²) in [5, 5.41) is 7.47. The predicted molar refractivity (Wildman–Crippen MR) is 130 cm³/mol. The number of nitrogens with one attached hydrogen (secondary N) is 1. The van der Waals surface area contributed by atoms with E-state index in [-0.39, 0.29) is 16.6 Å². The molecule has 1 unspecified atom stereocenters. The molecule has 34 heavy (non-hydrogen) atoms. The number of sulfone groups is 1. The van der Waals surface area contributed by atoms with Crippen molar-refractivity contribution < 1.29 is 17.6 Å². The van der Waals surface area contributed by atoms with Gasteiger partial charge in [-0.05, 0) is 67.8 Å². The third-order valence-electron chi connectivity index (χ3n) is 5.91. The smallest absolute Gasteiger partial charge is 0.252 e. The highest BCUT2D eigenvalue weighted by Crippen LogP contribution is 2.31. The van der Waals surface area contributed by atoms with Crippen LogP contribution in [-0.4, -0.2) is 30.4 Å². The molecule has 0 bridgehead atoms. The quantitative estimate of drug-likeness (QED) is 0.547. The maximum atomic E-state index is 13.4. The minimum Gasteiger partial charge on any atom is -0.346 e. The van der Waals surface area contributed by atoms with Crippen LogP contribution in [-0.2, 0) is 14.6 Å². The van der Waals surface area contributed by atoms with E-state index >= 15 is 0 Å². The van der Waals surface area contributed by atoms with Crippen molar-refractivity contribution in [2.45, 2.75) is 37.6 Å². The van der Waals surface area contributed by atoms with Crippen molar-refractivity contribution in [2.24, 2.45) is 0 Å². The number of rotatable bonds is 6. The maximum Gasteiger partial charge on any atom is 0.252 e. The molecule has 0 spiro atoms. The molecule has 1 N–H and O–H groups in total. The highest BCUT2D eigenvalue weighted by atomic mass is 32.2. The molecule has 0 saturated heterocycles. The first-order chi connectivity index (χ1) is 16.2. The fourth-order valence-electron chi connectivity index (χ4n) is 3.92. The Labute approximate surface area is 198 Å². The van der Waals surface area contributed by atoms with Crippen LogP contribution >= 0.6 is 0 Å². The Bertz CT molecular complexity index is 1400. The van der Waals surface area contributed by atoms with Crippen molar-refractivity contribution in [3.05, 3.63) is 89.0 Å². The van der Waals surface area contributed by atoms with Crippen LogP contribution in [0.1, 0.15) is 49.6 Å². The standard InChI is InChI=1S/C26H26FN3O3S/c1-4-18-8-13-23(24-16-28-30(25(24)14-18)21-11-9-20(27)10-12-21)26(31)29-17(2)19-6-5-7-22(15-19)34(3,32)33/h5-7,9-17H,4,8H2,1-3H3,(H,29,31). The van der Waals surface area contributed by atoms with Crippen LogP contribution in [0.4, 0.5) is 4.39 Å². The molecular formula is C26H26FN3O3S. The zero-order chi connectivity index (χ0) is 24.5. The van der Waals surface area contributed by atoms with E-state index in [2.05, 4.69) is 17.3 Å². The monoisotopic (exact) mass is 479 g/mol. The number of halogens is 1. The summed E-state index contributed by atoms with van der Waals surface area (Å²) in [6.07, 6.45) is 8.16. The van der Waals surface area contributed by atoms with Crippen molar-refractivity contribution in [1.29, 1.82) is 0 Å². The van der Waals surface area contributed by atoms with Crippen molar-refractivity contribution in [3.8, 4) is 5.69 Å². The fraction of sp³-hybridized carbons (Fsp3) is 0.231. The number of hydrogen-bond acceptors (Lipinski definition) is 4. The lowest BCUT2D eigenvalue weighted by Gasteiger charge is -2.16. The van der Waals surface area contributed by atoms with Crippen LogP contribution in [0.5, 0.6) is 0 Å². The predicted octanol–water partition coefficient (Wildman–Crippen LogP) is 4.87. The Morgan fingerprint density at radius 1 is 1.21 bits per heavy atom. The van der Waals surface area contributed by atoms with Gasteiger partial charge in [-0.1, -0.05) is 30.7 Å². The number of amides is 1. The lowest BCUT2D eigenvalue weighted by molar-refractivity contribution is -0.116. The summed E-state index contributed by atoms with van der Waals surface area (Å²) in [7, 11) is -3.35. The minimum absolute atomic E-state index is 0.208. The molecule has 4 rings (SSSR count). The molecule has 6 nitrogen and oxygen atoms in total. The Hall–Kier alpha value is -3.52. The summed E-state index contributed by atoms with van der Waals surface area (Å²) in [5.41, 5.74) is 4.47. The molecule has 2 aromatic carbocycles. The first-order valence-electron chi connectivity index (χ1n) is 11.0. The number of nitrogens with zero attached hydrogens (tertiary/aromatic N) is 2. The molecule has 0 saturated carbocycles. The second-order valence-corrected chi connectivity index (χ2v) is 10.4. The second-order valence-electron chi connectivity index (χ2n) is 8.35. The van der Waals surface area contributed by atoms with E-state index in [1.807, 2.05) is 19.1 Å². The van der Waals surface area contributed by atoms with E-state index in [9.17, 15) is 17.6 Å². The topological polar surface area (TPSA) is 81.1 Å². The summed E-state index contributed by atoms with van der Waals surface area (Å²) in [6.45, 7) is 3.87. The summed E-state index contributed by atoms with van der Waals surface area (Å²) < 4.78 is 39.0. The maximum absolute atomic E-state index is 13.4. The van der Waals surface area contributed by atoms with E-state index in [4.69, 9.17) is 0 Å². The zero-order valence-corrected chi connectivity index (χ0v) is 20.1. The number of aromatic nitrogens is 2. The third kappa shape index (κ3) is 4.87. The van der Waals surface area contributed by atoms with Crippen LogP contribution in [0.25, 0.3) is 17.3 Å². The number of hydrogen-bond donors (Lipinski definition) is 1. The molecular weight excluding hydrogens is 453 g/mol. The van der Waals surface area contributed by atoms with E-state index in [0.717, 1.165) is 23.9 Å². The van der Waals surface area contributed by atoms with Gasteiger partial charge in [0.1, 0.15) is 5.82 Å². The molecule has 8 heteroatoms. The third-order valence-corrected chi connectivity index (χ3v) is 7.02. The Balaban J connectivity index is 1.66. The summed E-state index contributed by atoms with van der Waals surface area (Å²) in [4.78, 5) is 13.6. The number of allylic oxidation sites excluding steroid dienone is 2. The molecule has 0 fully saturated rings. The molecule has 176 valence electrons. The van der Waals surface area contributed by atoms with E-state index in [1.54, 1.807) is 41.2 Å². The second kappa shape index (κ2) is 9.38. The van der Waals surface area contributed by atoms with Gasteiger partial charge < -0.3 is 5.32 Å². The molecule has 1 atom stereocenters. The summed E-state index contributed by atoms with van der Waals surface area (Å²) in [5.74, 6) is -0.608. The van der Waals surface area contributed by atoms with Crippen LogP contribution in [0.2, 0.25) is 0 Å². The van der Waals surface area contributed by atoms with Crippen molar-refractivity contribution in [1.82, 2.24) is 15.1 Å². The van der Waals surface area contributed by atoms with Gasteiger partial charge in [-0.3, -0.25) is 4.79 Å². The molecule has 1 aliphatic carbocycles. The highest BCUT2D eigenvalue weighted by molar-refractivity contribution is 7.90. The largest absolute Gasteiger partial charge is 0.346 e. The number of carbonyl (C=O) groups excluding carboxylic acids is 1. The Morgan fingerprint density at radius 2 is 1.94 bits per heavy atom. The van der Waals surface area contributed by atoms with Gasteiger partial charge in [-0.15, -0.1) is 0 Å². The van der Waals surface area contributed by atoms with Crippen LogP contribution < -0.4 is 5.32 Å². The normalized spacial score (nSPS) is 14.5. The number of benzene rings is 2. The number of carbonyl (C=O) groups is 1. The fourth-order valence-corrected chi connectivity index (χ4v) is 4.60. The van der Waals surface area contributed by atoms with Gasteiger partial charge >= 0.3 is 0 Å². The van der Waals surface area contributed by atoms with Gasteiger partial charge in [0.05, 0.1) is 28.5 Å². The molecule has 1 aliphatic rings. The summed E-state index contributed by atoms with van der Waals surface area (Å²) >= 11 is 0.